The lowest BCUT2D eigenvalue weighted by molar-refractivity contribution is 0.559. The zero-order chi connectivity index (χ0) is 17.2. The summed E-state index contributed by atoms with van der Waals surface area (Å²) in [7, 11) is 0. The molecular formula is C21H21FN2. The minimum Gasteiger partial charge on any atom is -0.336 e. The van der Waals surface area contributed by atoms with E-state index in [1.165, 1.54) is 12.1 Å². The number of halogens is 1. The van der Waals surface area contributed by atoms with E-state index in [2.05, 4.69) is 54.9 Å². The van der Waals surface area contributed by atoms with E-state index >= 15 is 0 Å². The second-order valence-electron chi connectivity index (χ2n) is 6.77. The molecule has 3 rings (SSSR count). The molecule has 0 saturated heterocycles. The Balaban J connectivity index is 1.98. The first-order valence-corrected chi connectivity index (χ1v) is 8.01. The Morgan fingerprint density at radius 2 is 1.38 bits per heavy atom. The van der Waals surface area contributed by atoms with E-state index in [-0.39, 0.29) is 11.4 Å². The molecule has 0 aliphatic rings. The van der Waals surface area contributed by atoms with Gasteiger partial charge in [-0.15, -0.1) is 0 Å². The molecule has 122 valence electrons. The van der Waals surface area contributed by atoms with Crippen LogP contribution in [0.25, 0.3) is 11.1 Å². The van der Waals surface area contributed by atoms with Gasteiger partial charge in [0.2, 0.25) is 0 Å². The highest BCUT2D eigenvalue weighted by Crippen LogP contribution is 2.34. The van der Waals surface area contributed by atoms with Crippen LogP contribution in [-0.4, -0.2) is 10.5 Å². The maximum absolute atomic E-state index is 13.3. The summed E-state index contributed by atoms with van der Waals surface area (Å²) in [6, 6.07) is 19.0. The van der Waals surface area contributed by atoms with Crippen LogP contribution in [0.3, 0.4) is 0 Å². The molecule has 2 aromatic carbocycles. The number of pyridine rings is 1. The van der Waals surface area contributed by atoms with E-state index in [0.29, 0.717) is 0 Å². The van der Waals surface area contributed by atoms with Crippen LogP contribution in [0.2, 0.25) is 0 Å². The number of hydrogen-bond acceptors (Lipinski definition) is 2. The van der Waals surface area contributed by atoms with Gasteiger partial charge in [0.15, 0.2) is 0 Å². The van der Waals surface area contributed by atoms with Crippen LogP contribution < -0.4 is 4.90 Å². The maximum Gasteiger partial charge on any atom is 0.123 e. The van der Waals surface area contributed by atoms with Gasteiger partial charge in [0.05, 0.1) is 0 Å². The fraction of sp³-hybridized carbons (Fsp3) is 0.190. The number of anilines is 2. The highest BCUT2D eigenvalue weighted by molar-refractivity contribution is 5.70. The number of rotatable bonds is 3. The van der Waals surface area contributed by atoms with Crippen LogP contribution in [0.5, 0.6) is 0 Å². The molecule has 0 N–H and O–H groups in total. The average molecular weight is 320 g/mol. The van der Waals surface area contributed by atoms with Gasteiger partial charge in [-0.3, -0.25) is 4.98 Å². The van der Waals surface area contributed by atoms with Gasteiger partial charge in [0.25, 0.3) is 0 Å². The van der Waals surface area contributed by atoms with Crippen molar-refractivity contribution in [1.82, 2.24) is 4.98 Å². The second kappa shape index (κ2) is 6.44. The van der Waals surface area contributed by atoms with Gasteiger partial charge >= 0.3 is 0 Å². The normalized spacial score (nSPS) is 11.3. The lowest BCUT2D eigenvalue weighted by Gasteiger charge is -2.38. The molecule has 0 amide bonds. The number of aromatic nitrogens is 1. The van der Waals surface area contributed by atoms with Crippen LogP contribution in [0, 0.1) is 5.82 Å². The number of nitrogens with zero attached hydrogens (tertiary/aromatic N) is 2. The molecule has 0 spiro atoms. The van der Waals surface area contributed by atoms with Gasteiger partial charge < -0.3 is 4.90 Å². The van der Waals surface area contributed by atoms with Gasteiger partial charge in [-0.1, -0.05) is 18.2 Å². The molecule has 3 heteroatoms. The first kappa shape index (κ1) is 16.2. The van der Waals surface area contributed by atoms with Gasteiger partial charge in [-0.25, -0.2) is 4.39 Å². The zero-order valence-electron chi connectivity index (χ0n) is 14.2. The molecule has 0 atom stereocenters. The Kier molecular flexibility index (Phi) is 4.34. The number of hydrogen-bond donors (Lipinski definition) is 0. The summed E-state index contributed by atoms with van der Waals surface area (Å²) in [5, 5.41) is 0. The molecular weight excluding hydrogens is 299 g/mol. The summed E-state index contributed by atoms with van der Waals surface area (Å²) in [4.78, 5) is 6.38. The summed E-state index contributed by atoms with van der Waals surface area (Å²) in [6.07, 6.45) is 3.63. The SMILES string of the molecule is CC(C)(C)N(c1ccc(F)cc1)c1ccc(-c2cccnc2)cc1. The minimum atomic E-state index is -0.223. The van der Waals surface area contributed by atoms with Crippen molar-refractivity contribution < 1.29 is 4.39 Å². The molecule has 0 unspecified atom stereocenters. The number of benzene rings is 2. The lowest BCUT2D eigenvalue weighted by atomic mass is 10.0. The molecule has 0 bridgehead atoms. The van der Waals surface area contributed by atoms with E-state index in [1.54, 1.807) is 6.20 Å². The van der Waals surface area contributed by atoms with Gasteiger partial charge in [-0.2, -0.15) is 0 Å². The van der Waals surface area contributed by atoms with E-state index in [0.717, 1.165) is 22.5 Å². The summed E-state index contributed by atoms with van der Waals surface area (Å²) in [6.45, 7) is 6.43. The molecule has 0 aliphatic carbocycles. The predicted molar refractivity (Wildman–Crippen MR) is 98.0 cm³/mol. The molecule has 1 heterocycles. The van der Waals surface area contributed by atoms with Crippen molar-refractivity contribution in [3.63, 3.8) is 0 Å². The fourth-order valence-corrected chi connectivity index (χ4v) is 2.85. The van der Waals surface area contributed by atoms with Gasteiger partial charge in [0.1, 0.15) is 5.82 Å². The van der Waals surface area contributed by atoms with Crippen LogP contribution >= 0.6 is 0 Å². The van der Waals surface area contributed by atoms with Crippen molar-refractivity contribution in [2.24, 2.45) is 0 Å². The van der Waals surface area contributed by atoms with Crippen molar-refractivity contribution in [2.45, 2.75) is 26.3 Å². The Labute approximate surface area is 142 Å². The molecule has 3 aromatic rings. The van der Waals surface area contributed by atoms with Crippen LogP contribution in [-0.2, 0) is 0 Å². The Bertz CT molecular complexity index is 788. The summed E-state index contributed by atoms with van der Waals surface area (Å²) in [5.41, 5.74) is 4.13. The lowest BCUT2D eigenvalue weighted by Crippen LogP contribution is -2.37. The summed E-state index contributed by atoms with van der Waals surface area (Å²) in [5.74, 6) is -0.223. The fourth-order valence-electron chi connectivity index (χ4n) is 2.85. The van der Waals surface area contributed by atoms with Crippen molar-refractivity contribution in [2.75, 3.05) is 4.90 Å². The van der Waals surface area contributed by atoms with E-state index in [4.69, 9.17) is 0 Å². The van der Waals surface area contributed by atoms with Crippen molar-refractivity contribution in [3.8, 4) is 11.1 Å². The maximum atomic E-state index is 13.3. The molecule has 0 aliphatic heterocycles. The largest absolute Gasteiger partial charge is 0.336 e. The van der Waals surface area contributed by atoms with E-state index in [1.807, 2.05) is 30.5 Å². The Morgan fingerprint density at radius 1 is 0.792 bits per heavy atom. The monoisotopic (exact) mass is 320 g/mol. The smallest absolute Gasteiger partial charge is 0.123 e. The van der Waals surface area contributed by atoms with Crippen molar-refractivity contribution >= 4 is 11.4 Å². The second-order valence-corrected chi connectivity index (χ2v) is 6.77. The third-order valence-corrected chi connectivity index (χ3v) is 3.88. The van der Waals surface area contributed by atoms with E-state index in [9.17, 15) is 4.39 Å². The zero-order valence-corrected chi connectivity index (χ0v) is 14.2. The predicted octanol–water partition coefficient (Wildman–Crippen LogP) is 5.82. The molecule has 1 aromatic heterocycles. The van der Waals surface area contributed by atoms with Gasteiger partial charge in [-0.05, 0) is 74.4 Å². The van der Waals surface area contributed by atoms with Crippen molar-refractivity contribution in [1.29, 1.82) is 0 Å². The highest BCUT2D eigenvalue weighted by atomic mass is 19.1. The third-order valence-electron chi connectivity index (χ3n) is 3.88. The first-order valence-electron chi connectivity index (χ1n) is 8.01. The minimum absolute atomic E-state index is 0.131. The summed E-state index contributed by atoms with van der Waals surface area (Å²) >= 11 is 0. The van der Waals surface area contributed by atoms with Crippen LogP contribution in [0.4, 0.5) is 15.8 Å². The molecule has 2 nitrogen and oxygen atoms in total. The first-order chi connectivity index (χ1) is 11.4. The quantitative estimate of drug-likeness (QED) is 0.604. The molecule has 0 saturated carbocycles. The summed E-state index contributed by atoms with van der Waals surface area (Å²) < 4.78 is 13.3. The third kappa shape index (κ3) is 3.46. The molecule has 0 fully saturated rings. The Morgan fingerprint density at radius 3 is 1.88 bits per heavy atom. The van der Waals surface area contributed by atoms with Crippen LogP contribution in [0.15, 0.2) is 73.1 Å². The van der Waals surface area contributed by atoms with Gasteiger partial charge in [0, 0.05) is 29.3 Å². The highest BCUT2D eigenvalue weighted by Gasteiger charge is 2.23. The Hall–Kier alpha value is -2.68. The standard InChI is InChI=1S/C21H21FN2/c1-21(2,3)24(20-12-8-18(22)9-13-20)19-10-6-16(7-11-19)17-5-4-14-23-15-17/h4-15H,1-3H3. The van der Waals surface area contributed by atoms with E-state index < -0.39 is 0 Å². The molecule has 24 heavy (non-hydrogen) atoms. The molecule has 0 radical (unpaired) electrons. The average Bonchev–Trinajstić information content (AvgIpc) is 2.57. The van der Waals surface area contributed by atoms with Crippen molar-refractivity contribution in [3.05, 3.63) is 78.9 Å². The topological polar surface area (TPSA) is 16.1 Å². The van der Waals surface area contributed by atoms with Crippen LogP contribution in [0.1, 0.15) is 20.8 Å².